The van der Waals surface area contributed by atoms with Crippen LogP contribution in [-0.4, -0.2) is 54.7 Å². The van der Waals surface area contributed by atoms with Gasteiger partial charge in [0, 0.05) is 19.2 Å². The van der Waals surface area contributed by atoms with Crippen LogP contribution in [0.4, 0.5) is 10.1 Å². The highest BCUT2D eigenvalue weighted by Crippen LogP contribution is 2.32. The second-order valence-corrected chi connectivity index (χ2v) is 9.39. The Morgan fingerprint density at radius 3 is 2.70 bits per heavy atom. The minimum atomic E-state index is -1.07. The zero-order chi connectivity index (χ0) is 26.4. The number of carbonyl (C=O) groups excluding carboxylic acids is 3. The Kier molecular flexibility index (Phi) is 8.09. The summed E-state index contributed by atoms with van der Waals surface area (Å²) in [6.07, 6.45) is 4.62. The van der Waals surface area contributed by atoms with Crippen molar-refractivity contribution in [1.82, 2.24) is 10.6 Å². The summed E-state index contributed by atoms with van der Waals surface area (Å²) in [4.78, 5) is 39.1. The van der Waals surface area contributed by atoms with E-state index < -0.39 is 29.4 Å². The molecule has 0 bridgehead atoms. The molecule has 0 spiro atoms. The number of benzene rings is 2. The molecule has 4 rings (SSSR count). The van der Waals surface area contributed by atoms with Gasteiger partial charge in [0.1, 0.15) is 29.8 Å². The van der Waals surface area contributed by atoms with Gasteiger partial charge < -0.3 is 25.4 Å². The Morgan fingerprint density at radius 2 is 1.95 bits per heavy atom. The number of hydrogen-bond donors (Lipinski definition) is 3. The molecule has 2 aromatic rings. The van der Waals surface area contributed by atoms with E-state index in [4.69, 9.17) is 4.74 Å². The molecule has 1 aliphatic heterocycles. The highest BCUT2D eigenvalue weighted by molar-refractivity contribution is 6.35. The van der Waals surface area contributed by atoms with E-state index in [2.05, 4.69) is 22.5 Å². The van der Waals surface area contributed by atoms with Crippen LogP contribution in [0.25, 0.3) is 0 Å². The Hall–Kier alpha value is -3.90. The topological polar surface area (TPSA) is 108 Å². The average molecular weight is 508 g/mol. The maximum Gasteiger partial charge on any atom is 0.310 e. The highest BCUT2D eigenvalue weighted by Gasteiger charge is 2.32. The van der Waals surface area contributed by atoms with Gasteiger partial charge in [0.15, 0.2) is 0 Å². The fourth-order valence-corrected chi connectivity index (χ4v) is 4.45. The zero-order valence-electron chi connectivity index (χ0n) is 20.7. The minimum absolute atomic E-state index is 0.134. The van der Waals surface area contributed by atoms with E-state index in [0.29, 0.717) is 41.8 Å². The molecule has 1 atom stereocenters. The van der Waals surface area contributed by atoms with Gasteiger partial charge in [0.2, 0.25) is 0 Å². The maximum atomic E-state index is 13.3. The third-order valence-electron chi connectivity index (χ3n) is 6.57. The van der Waals surface area contributed by atoms with Crippen LogP contribution < -0.4 is 20.3 Å². The lowest BCUT2D eigenvalue weighted by atomic mass is 9.85. The van der Waals surface area contributed by atoms with Crippen LogP contribution in [-0.2, 0) is 20.8 Å². The van der Waals surface area contributed by atoms with E-state index in [1.165, 1.54) is 17.0 Å². The Labute approximate surface area is 215 Å². The normalized spacial score (nSPS) is 18.4. The van der Waals surface area contributed by atoms with Crippen molar-refractivity contribution in [2.24, 2.45) is 0 Å². The van der Waals surface area contributed by atoms with Gasteiger partial charge in [-0.15, -0.1) is 0 Å². The van der Waals surface area contributed by atoms with Crippen LogP contribution >= 0.6 is 0 Å². The summed E-state index contributed by atoms with van der Waals surface area (Å²) in [7, 11) is 1.56. The number of halogens is 1. The smallest absolute Gasteiger partial charge is 0.310 e. The molecule has 0 radical (unpaired) electrons. The summed E-state index contributed by atoms with van der Waals surface area (Å²) in [5, 5.41) is 15.6. The van der Waals surface area contributed by atoms with E-state index in [-0.39, 0.29) is 19.0 Å². The van der Waals surface area contributed by atoms with Crippen LogP contribution in [0, 0.1) is 17.7 Å². The second-order valence-electron chi connectivity index (χ2n) is 9.39. The SMILES string of the molecule is CN1C(=O)[C@@H](NC(=O)C(=O)NCCc2cccc(F)c2)COc2ccc(C#CC3(O)CCCCC3)cc21. The lowest BCUT2D eigenvalue weighted by Gasteiger charge is -2.26. The van der Waals surface area contributed by atoms with E-state index in [1.54, 1.807) is 37.4 Å². The van der Waals surface area contributed by atoms with Crippen molar-refractivity contribution in [3.63, 3.8) is 0 Å². The molecule has 1 aliphatic carbocycles. The number of hydrogen-bond acceptors (Lipinski definition) is 5. The number of amides is 3. The van der Waals surface area contributed by atoms with Crippen molar-refractivity contribution in [2.75, 3.05) is 25.1 Å². The Bertz CT molecular complexity index is 1250. The van der Waals surface area contributed by atoms with Crippen molar-refractivity contribution < 1.29 is 28.6 Å². The first-order chi connectivity index (χ1) is 17.7. The van der Waals surface area contributed by atoms with Gasteiger partial charge in [-0.05, 0) is 68.0 Å². The molecule has 0 aromatic heterocycles. The molecular weight excluding hydrogens is 477 g/mol. The number of carbonyl (C=O) groups is 3. The number of anilines is 1. The predicted molar refractivity (Wildman–Crippen MR) is 135 cm³/mol. The number of fused-ring (bicyclic) bond motifs is 1. The molecule has 2 aromatic carbocycles. The lowest BCUT2D eigenvalue weighted by molar-refractivity contribution is -0.140. The average Bonchev–Trinajstić information content (AvgIpc) is 3.00. The number of rotatable bonds is 4. The molecule has 0 saturated heterocycles. The first kappa shape index (κ1) is 26.2. The van der Waals surface area contributed by atoms with E-state index in [0.717, 1.165) is 19.3 Å². The molecule has 0 unspecified atom stereocenters. The first-order valence-electron chi connectivity index (χ1n) is 12.4. The van der Waals surface area contributed by atoms with Gasteiger partial charge in [0.25, 0.3) is 5.91 Å². The zero-order valence-corrected chi connectivity index (χ0v) is 20.7. The number of aliphatic hydroxyl groups is 1. The van der Waals surface area contributed by atoms with Crippen molar-refractivity contribution >= 4 is 23.4 Å². The number of nitrogens with zero attached hydrogens (tertiary/aromatic N) is 1. The second kappa shape index (κ2) is 11.4. The number of ether oxygens (including phenoxy) is 1. The number of likely N-dealkylation sites (N-methyl/N-ethyl adjacent to an activating group) is 1. The molecule has 1 saturated carbocycles. The van der Waals surface area contributed by atoms with Gasteiger partial charge >= 0.3 is 11.8 Å². The molecule has 8 nitrogen and oxygen atoms in total. The molecule has 1 heterocycles. The van der Waals surface area contributed by atoms with Gasteiger partial charge in [-0.25, -0.2) is 4.39 Å². The van der Waals surface area contributed by atoms with Gasteiger partial charge in [0.05, 0.1) is 5.69 Å². The van der Waals surface area contributed by atoms with E-state index >= 15 is 0 Å². The predicted octanol–water partition coefficient (Wildman–Crippen LogP) is 2.07. The van der Waals surface area contributed by atoms with Crippen LogP contribution in [0.15, 0.2) is 42.5 Å². The van der Waals surface area contributed by atoms with Crippen LogP contribution in [0.3, 0.4) is 0 Å². The summed E-state index contributed by atoms with van der Waals surface area (Å²) < 4.78 is 19.0. The fourth-order valence-electron chi connectivity index (χ4n) is 4.45. The summed E-state index contributed by atoms with van der Waals surface area (Å²) in [5.41, 5.74) is 0.797. The molecule has 9 heteroatoms. The molecule has 2 aliphatic rings. The van der Waals surface area contributed by atoms with Crippen LogP contribution in [0.1, 0.15) is 43.2 Å². The van der Waals surface area contributed by atoms with Crippen molar-refractivity contribution in [3.8, 4) is 17.6 Å². The molecule has 37 heavy (non-hydrogen) atoms. The lowest BCUT2D eigenvalue weighted by Crippen LogP contribution is -2.53. The van der Waals surface area contributed by atoms with Crippen molar-refractivity contribution in [2.45, 2.75) is 50.2 Å². The molecule has 3 N–H and O–H groups in total. The minimum Gasteiger partial charge on any atom is -0.489 e. The summed E-state index contributed by atoms with van der Waals surface area (Å²) in [5.74, 6) is 3.75. The maximum absolute atomic E-state index is 13.3. The van der Waals surface area contributed by atoms with Gasteiger partial charge in [-0.3, -0.25) is 14.4 Å². The van der Waals surface area contributed by atoms with E-state index in [9.17, 15) is 23.9 Å². The number of nitrogens with one attached hydrogen (secondary N) is 2. The standard InChI is InChI=1S/C28H30FN3O5/c1-32-23-17-20(10-14-28(36)12-3-2-4-13-28)8-9-24(23)37-18-22(27(32)35)31-26(34)25(33)30-15-11-19-6-5-7-21(29)16-19/h5-9,16-17,22,36H,2-4,11-13,15,18H2,1H3,(H,30,33)(H,31,34)/t22-/m0/s1. The quantitative estimate of drug-likeness (QED) is 0.434. The van der Waals surface area contributed by atoms with Crippen molar-refractivity contribution in [1.29, 1.82) is 0 Å². The molecule has 1 fully saturated rings. The van der Waals surface area contributed by atoms with Gasteiger partial charge in [-0.1, -0.05) is 30.4 Å². The largest absolute Gasteiger partial charge is 0.489 e. The molecule has 194 valence electrons. The van der Waals surface area contributed by atoms with Gasteiger partial charge in [-0.2, -0.15) is 0 Å². The summed E-state index contributed by atoms with van der Waals surface area (Å²) in [6, 6.07) is 10.0. The monoisotopic (exact) mass is 507 g/mol. The molecular formula is C28H30FN3O5. The Morgan fingerprint density at radius 1 is 1.16 bits per heavy atom. The summed E-state index contributed by atoms with van der Waals surface area (Å²) in [6.45, 7) is -0.0155. The molecule has 3 amide bonds. The van der Waals surface area contributed by atoms with E-state index in [1.807, 2.05) is 0 Å². The van der Waals surface area contributed by atoms with Crippen LogP contribution in [0.2, 0.25) is 0 Å². The summed E-state index contributed by atoms with van der Waals surface area (Å²) >= 11 is 0. The third kappa shape index (κ3) is 6.66. The van der Waals surface area contributed by atoms with Crippen LogP contribution in [0.5, 0.6) is 5.75 Å². The van der Waals surface area contributed by atoms with Crippen molar-refractivity contribution in [3.05, 3.63) is 59.4 Å². The fraction of sp³-hybridized carbons (Fsp3) is 0.393. The Balaban J connectivity index is 1.36. The highest BCUT2D eigenvalue weighted by atomic mass is 19.1. The third-order valence-corrected chi connectivity index (χ3v) is 6.57. The first-order valence-corrected chi connectivity index (χ1v) is 12.4.